The molecule has 118 valence electrons. The second-order valence-electron chi connectivity index (χ2n) is 5.17. The van der Waals surface area contributed by atoms with Crippen molar-refractivity contribution in [3.8, 4) is 0 Å². The lowest BCUT2D eigenvalue weighted by Crippen LogP contribution is -2.31. The molecule has 0 bridgehead atoms. The smallest absolute Gasteiger partial charge is 0.231 e. The molecule has 1 fully saturated rings. The van der Waals surface area contributed by atoms with E-state index in [0.717, 1.165) is 32.5 Å². The fourth-order valence-electron chi connectivity index (χ4n) is 2.24. The molecule has 6 nitrogen and oxygen atoms in total. The van der Waals surface area contributed by atoms with Gasteiger partial charge in [-0.3, -0.25) is 0 Å². The first-order valence-corrected chi connectivity index (χ1v) is 8.15. The maximum Gasteiger partial charge on any atom is 0.231 e. The van der Waals surface area contributed by atoms with Crippen molar-refractivity contribution in [2.24, 2.45) is 0 Å². The van der Waals surface area contributed by atoms with Gasteiger partial charge in [0.1, 0.15) is 0 Å². The Hall–Kier alpha value is -1.14. The fourth-order valence-corrected chi connectivity index (χ4v) is 2.39. The van der Waals surface area contributed by atoms with Crippen LogP contribution in [0.1, 0.15) is 39.0 Å². The van der Waals surface area contributed by atoms with Crippen molar-refractivity contribution < 1.29 is 4.74 Å². The van der Waals surface area contributed by atoms with Crippen molar-refractivity contribution in [2.45, 2.75) is 39.0 Å². The summed E-state index contributed by atoms with van der Waals surface area (Å²) in [6, 6.07) is 0. The van der Waals surface area contributed by atoms with E-state index in [1.165, 1.54) is 19.3 Å². The van der Waals surface area contributed by atoms with E-state index >= 15 is 0 Å². The molecular formula is C14H24ClN5O. The van der Waals surface area contributed by atoms with E-state index in [9.17, 15) is 0 Å². The molecule has 1 saturated heterocycles. The fraction of sp³-hybridized carbons (Fsp3) is 0.786. The molecule has 0 aliphatic carbocycles. The quantitative estimate of drug-likeness (QED) is 0.745. The third kappa shape index (κ3) is 5.63. The first kappa shape index (κ1) is 16.2. The standard InChI is InChI=1S/C14H24ClN5O/c1-2-3-10-21-11-7-16-13-17-12(15)18-14(19-13)20-8-5-4-6-9-20/h2-11H2,1H3,(H,16,17,18,19). The zero-order valence-electron chi connectivity index (χ0n) is 12.6. The maximum absolute atomic E-state index is 5.99. The molecule has 0 unspecified atom stereocenters. The van der Waals surface area contributed by atoms with Crippen LogP contribution in [0.4, 0.5) is 11.9 Å². The zero-order valence-corrected chi connectivity index (χ0v) is 13.4. The van der Waals surface area contributed by atoms with Crippen LogP contribution in [0.2, 0.25) is 5.28 Å². The molecule has 1 aliphatic rings. The molecule has 0 spiro atoms. The lowest BCUT2D eigenvalue weighted by atomic mass is 10.1. The van der Waals surface area contributed by atoms with Gasteiger partial charge in [0.2, 0.25) is 17.2 Å². The Morgan fingerprint density at radius 2 is 1.95 bits per heavy atom. The molecule has 21 heavy (non-hydrogen) atoms. The molecule has 0 atom stereocenters. The van der Waals surface area contributed by atoms with Crippen LogP contribution in [-0.4, -0.2) is 47.8 Å². The minimum atomic E-state index is 0.236. The van der Waals surface area contributed by atoms with Crippen LogP contribution >= 0.6 is 11.6 Å². The summed E-state index contributed by atoms with van der Waals surface area (Å²) in [5.74, 6) is 1.19. The van der Waals surface area contributed by atoms with E-state index in [4.69, 9.17) is 16.3 Å². The van der Waals surface area contributed by atoms with Crippen molar-refractivity contribution in [3.05, 3.63) is 5.28 Å². The van der Waals surface area contributed by atoms with Crippen LogP contribution in [0.5, 0.6) is 0 Å². The van der Waals surface area contributed by atoms with Gasteiger partial charge in [-0.15, -0.1) is 0 Å². The van der Waals surface area contributed by atoms with E-state index in [1.54, 1.807) is 0 Å². The Balaban J connectivity index is 1.83. The number of rotatable bonds is 8. The van der Waals surface area contributed by atoms with Gasteiger partial charge in [-0.05, 0) is 37.3 Å². The molecule has 1 aromatic rings. The molecule has 0 saturated carbocycles. The molecule has 0 radical (unpaired) electrons. The summed E-state index contributed by atoms with van der Waals surface area (Å²) in [6.07, 6.45) is 5.87. The highest BCUT2D eigenvalue weighted by atomic mass is 35.5. The van der Waals surface area contributed by atoms with Crippen molar-refractivity contribution >= 4 is 23.5 Å². The van der Waals surface area contributed by atoms with Crippen LogP contribution in [0.15, 0.2) is 0 Å². The number of hydrogen-bond acceptors (Lipinski definition) is 6. The van der Waals surface area contributed by atoms with Gasteiger partial charge in [0, 0.05) is 26.2 Å². The highest BCUT2D eigenvalue weighted by Crippen LogP contribution is 2.18. The largest absolute Gasteiger partial charge is 0.380 e. The first-order chi connectivity index (χ1) is 10.3. The Kier molecular flexibility index (Phi) is 6.95. The van der Waals surface area contributed by atoms with Gasteiger partial charge in [0.15, 0.2) is 0 Å². The predicted octanol–water partition coefficient (Wildman–Crippen LogP) is 2.74. The minimum Gasteiger partial charge on any atom is -0.380 e. The van der Waals surface area contributed by atoms with Crippen LogP contribution in [-0.2, 0) is 4.74 Å². The van der Waals surface area contributed by atoms with Crippen molar-refractivity contribution in [1.82, 2.24) is 15.0 Å². The molecule has 1 aliphatic heterocycles. The van der Waals surface area contributed by atoms with Crippen molar-refractivity contribution in [2.75, 3.05) is 43.1 Å². The monoisotopic (exact) mass is 313 g/mol. The summed E-state index contributed by atoms with van der Waals surface area (Å²) in [5, 5.41) is 3.38. The normalized spacial score (nSPS) is 15.2. The SMILES string of the molecule is CCCCOCCNc1nc(Cl)nc(N2CCCCC2)n1. The zero-order chi connectivity index (χ0) is 14.9. The molecule has 7 heteroatoms. The number of nitrogens with one attached hydrogen (secondary N) is 1. The van der Waals surface area contributed by atoms with Gasteiger partial charge in [-0.2, -0.15) is 15.0 Å². The van der Waals surface area contributed by atoms with Crippen molar-refractivity contribution in [3.63, 3.8) is 0 Å². The summed E-state index contributed by atoms with van der Waals surface area (Å²) in [5.41, 5.74) is 0. The molecule has 1 aromatic heterocycles. The van der Waals surface area contributed by atoms with Gasteiger partial charge in [-0.1, -0.05) is 13.3 Å². The van der Waals surface area contributed by atoms with Gasteiger partial charge in [-0.25, -0.2) is 0 Å². The summed E-state index contributed by atoms with van der Waals surface area (Å²) >= 11 is 5.99. The van der Waals surface area contributed by atoms with Gasteiger partial charge < -0.3 is 15.0 Å². The summed E-state index contributed by atoms with van der Waals surface area (Å²) in [4.78, 5) is 14.9. The number of hydrogen-bond donors (Lipinski definition) is 1. The molecule has 0 amide bonds. The van der Waals surface area contributed by atoms with E-state index in [0.29, 0.717) is 25.0 Å². The Labute approximate surface area is 131 Å². The van der Waals surface area contributed by atoms with Crippen molar-refractivity contribution in [1.29, 1.82) is 0 Å². The summed E-state index contributed by atoms with van der Waals surface area (Å²) < 4.78 is 5.50. The summed E-state index contributed by atoms with van der Waals surface area (Å²) in [6.45, 7) is 6.23. The molecule has 2 rings (SSSR count). The minimum absolute atomic E-state index is 0.236. The number of aromatic nitrogens is 3. The molecule has 2 heterocycles. The molecular weight excluding hydrogens is 290 g/mol. The Morgan fingerprint density at radius 1 is 1.14 bits per heavy atom. The average molecular weight is 314 g/mol. The van der Waals surface area contributed by atoms with E-state index in [2.05, 4.69) is 32.1 Å². The van der Waals surface area contributed by atoms with E-state index in [-0.39, 0.29) is 5.28 Å². The average Bonchev–Trinajstić information content (AvgIpc) is 2.51. The predicted molar refractivity (Wildman–Crippen MR) is 85.1 cm³/mol. The van der Waals surface area contributed by atoms with Crippen LogP contribution in [0.3, 0.4) is 0 Å². The number of halogens is 1. The first-order valence-electron chi connectivity index (χ1n) is 7.77. The number of piperidine rings is 1. The van der Waals surface area contributed by atoms with Crippen LogP contribution in [0, 0.1) is 0 Å². The highest BCUT2D eigenvalue weighted by Gasteiger charge is 2.15. The van der Waals surface area contributed by atoms with E-state index in [1.807, 2.05) is 0 Å². The lowest BCUT2D eigenvalue weighted by molar-refractivity contribution is 0.141. The third-order valence-electron chi connectivity index (χ3n) is 3.41. The number of nitrogens with zero attached hydrogens (tertiary/aromatic N) is 4. The Bertz CT molecular complexity index is 426. The number of anilines is 2. The maximum atomic E-state index is 5.99. The Morgan fingerprint density at radius 3 is 2.71 bits per heavy atom. The number of ether oxygens (including phenoxy) is 1. The summed E-state index contributed by atoms with van der Waals surface area (Å²) in [7, 11) is 0. The van der Waals surface area contributed by atoms with E-state index < -0.39 is 0 Å². The second kappa shape index (κ2) is 9.00. The van der Waals surface area contributed by atoms with Crippen LogP contribution < -0.4 is 10.2 Å². The topological polar surface area (TPSA) is 63.2 Å². The molecule has 1 N–H and O–H groups in total. The van der Waals surface area contributed by atoms with Gasteiger partial charge >= 0.3 is 0 Å². The van der Waals surface area contributed by atoms with Crippen LogP contribution in [0.25, 0.3) is 0 Å². The second-order valence-corrected chi connectivity index (χ2v) is 5.51. The number of unbranched alkanes of at least 4 members (excludes halogenated alkanes) is 1. The lowest BCUT2D eigenvalue weighted by Gasteiger charge is -2.26. The van der Waals surface area contributed by atoms with Gasteiger partial charge in [0.05, 0.1) is 6.61 Å². The third-order valence-corrected chi connectivity index (χ3v) is 3.58. The highest BCUT2D eigenvalue weighted by molar-refractivity contribution is 6.28. The van der Waals surface area contributed by atoms with Gasteiger partial charge in [0.25, 0.3) is 0 Å². The molecule has 0 aromatic carbocycles.